The van der Waals surface area contributed by atoms with Gasteiger partial charge in [0.15, 0.2) is 0 Å². The zero-order chi connectivity index (χ0) is 22.0. The Labute approximate surface area is 186 Å². The summed E-state index contributed by atoms with van der Waals surface area (Å²) in [5.74, 6) is 1.60. The topological polar surface area (TPSA) is 35.0 Å². The number of hydrogen-bond acceptors (Lipinski definition) is 5. The summed E-state index contributed by atoms with van der Waals surface area (Å²) in [6, 6.07) is 13.1. The number of hydrogen-bond donors (Lipinski definition) is 0. The van der Waals surface area contributed by atoms with Gasteiger partial charge in [-0.15, -0.1) is 11.8 Å². The van der Waals surface area contributed by atoms with Gasteiger partial charge in [-0.25, -0.2) is 9.97 Å². The predicted molar refractivity (Wildman–Crippen MR) is 120 cm³/mol. The molecule has 0 aliphatic heterocycles. The Hall–Kier alpha value is -2.58. The van der Waals surface area contributed by atoms with Gasteiger partial charge in [0, 0.05) is 22.4 Å². The lowest BCUT2D eigenvalue weighted by atomic mass is 10.1. The predicted octanol–water partition coefficient (Wildman–Crippen LogP) is 7.38. The number of halogens is 3. The number of ether oxygens (including phenoxy) is 1. The van der Waals surface area contributed by atoms with Crippen molar-refractivity contribution in [3.05, 3.63) is 71.4 Å². The fraction of sp³-hybridized carbons (Fsp3) is 0.217. The number of nitrogens with zero attached hydrogens (tertiary/aromatic N) is 2. The standard InChI is InChI=1S/C23H19F3N2OS2/c1-3-29-19-9-8-18(12-14(19)2)30-13-16-10-11-27-22-20(16)28-21(31-22)15-4-6-17(7-5-15)23(24,25)26/h4-12H,3,13H2,1-2H3. The molecule has 0 atom stereocenters. The second-order valence-corrected chi connectivity index (χ2v) is 8.89. The minimum absolute atomic E-state index is 0.632. The van der Waals surface area contributed by atoms with Crippen molar-refractivity contribution in [2.24, 2.45) is 0 Å². The molecule has 0 aliphatic rings. The van der Waals surface area contributed by atoms with Crippen LogP contribution in [0.15, 0.2) is 59.6 Å². The molecule has 2 aromatic heterocycles. The first-order chi connectivity index (χ1) is 14.8. The van der Waals surface area contributed by atoms with E-state index in [-0.39, 0.29) is 0 Å². The van der Waals surface area contributed by atoms with Crippen LogP contribution >= 0.6 is 23.1 Å². The molecule has 4 rings (SSSR count). The van der Waals surface area contributed by atoms with Crippen LogP contribution in [-0.4, -0.2) is 16.6 Å². The van der Waals surface area contributed by atoms with Crippen LogP contribution in [0.3, 0.4) is 0 Å². The Morgan fingerprint density at radius 3 is 2.52 bits per heavy atom. The summed E-state index contributed by atoms with van der Waals surface area (Å²) >= 11 is 3.08. The van der Waals surface area contributed by atoms with Crippen LogP contribution in [0.5, 0.6) is 5.75 Å². The van der Waals surface area contributed by atoms with E-state index in [1.54, 1.807) is 18.0 Å². The van der Waals surface area contributed by atoms with Gasteiger partial charge >= 0.3 is 6.18 Å². The Balaban J connectivity index is 1.56. The Morgan fingerprint density at radius 2 is 1.84 bits per heavy atom. The summed E-state index contributed by atoms with van der Waals surface area (Å²) in [4.78, 5) is 11.0. The quantitative estimate of drug-likeness (QED) is 0.281. The maximum atomic E-state index is 12.8. The van der Waals surface area contributed by atoms with E-state index >= 15 is 0 Å². The van der Waals surface area contributed by atoms with E-state index in [0.717, 1.165) is 44.3 Å². The first-order valence-electron chi connectivity index (χ1n) is 9.63. The highest BCUT2D eigenvalue weighted by Crippen LogP contribution is 2.35. The molecule has 2 aromatic carbocycles. The maximum absolute atomic E-state index is 12.8. The number of benzene rings is 2. The van der Waals surface area contributed by atoms with Crippen molar-refractivity contribution in [2.75, 3.05) is 6.61 Å². The van der Waals surface area contributed by atoms with Crippen molar-refractivity contribution >= 4 is 33.4 Å². The molecule has 0 amide bonds. The first kappa shape index (κ1) is 21.6. The van der Waals surface area contributed by atoms with Crippen molar-refractivity contribution < 1.29 is 17.9 Å². The molecule has 3 nitrogen and oxygen atoms in total. The summed E-state index contributed by atoms with van der Waals surface area (Å²) in [6.07, 6.45) is -2.60. The lowest BCUT2D eigenvalue weighted by Crippen LogP contribution is -2.03. The first-order valence-corrected chi connectivity index (χ1v) is 11.4. The Morgan fingerprint density at radius 1 is 1.06 bits per heavy atom. The molecule has 0 unspecified atom stereocenters. The molecule has 0 spiro atoms. The van der Waals surface area contributed by atoms with Crippen LogP contribution in [0.2, 0.25) is 0 Å². The maximum Gasteiger partial charge on any atom is 0.416 e. The van der Waals surface area contributed by atoms with Crippen molar-refractivity contribution in [2.45, 2.75) is 30.7 Å². The highest BCUT2D eigenvalue weighted by atomic mass is 32.2. The highest BCUT2D eigenvalue weighted by molar-refractivity contribution is 7.98. The third kappa shape index (κ3) is 4.85. The van der Waals surface area contributed by atoms with Gasteiger partial charge < -0.3 is 4.74 Å². The van der Waals surface area contributed by atoms with Gasteiger partial charge in [-0.05, 0) is 61.4 Å². The van der Waals surface area contributed by atoms with Crippen molar-refractivity contribution in [3.63, 3.8) is 0 Å². The average Bonchev–Trinajstić information content (AvgIpc) is 3.18. The van der Waals surface area contributed by atoms with Gasteiger partial charge in [-0.2, -0.15) is 13.2 Å². The fourth-order valence-corrected chi connectivity index (χ4v) is 5.06. The average molecular weight is 461 g/mol. The second-order valence-electron chi connectivity index (χ2n) is 6.87. The summed E-state index contributed by atoms with van der Waals surface area (Å²) < 4.78 is 44.1. The smallest absolute Gasteiger partial charge is 0.416 e. The lowest BCUT2D eigenvalue weighted by Gasteiger charge is -2.09. The third-order valence-electron chi connectivity index (χ3n) is 4.68. The normalized spacial score (nSPS) is 11.8. The molecule has 31 heavy (non-hydrogen) atoms. The van der Waals surface area contributed by atoms with Crippen LogP contribution in [0, 0.1) is 6.92 Å². The van der Waals surface area contributed by atoms with E-state index in [1.807, 2.05) is 32.0 Å². The zero-order valence-corrected chi connectivity index (χ0v) is 18.5. The minimum Gasteiger partial charge on any atom is -0.494 e. The molecule has 0 aliphatic carbocycles. The number of rotatable bonds is 6. The third-order valence-corrected chi connectivity index (χ3v) is 6.74. The van der Waals surface area contributed by atoms with Crippen LogP contribution in [0.25, 0.3) is 20.9 Å². The summed E-state index contributed by atoms with van der Waals surface area (Å²) in [6.45, 7) is 4.62. The molecular weight excluding hydrogens is 441 g/mol. The van der Waals surface area contributed by atoms with Crippen molar-refractivity contribution in [3.8, 4) is 16.3 Å². The summed E-state index contributed by atoms with van der Waals surface area (Å²) in [5.41, 5.74) is 2.90. The SMILES string of the molecule is CCOc1ccc(SCc2ccnc3sc(-c4ccc(C(F)(F)F)cc4)nc23)cc1C. The van der Waals surface area contributed by atoms with Gasteiger partial charge in [0.1, 0.15) is 21.1 Å². The van der Waals surface area contributed by atoms with Gasteiger partial charge in [0.2, 0.25) is 0 Å². The summed E-state index contributed by atoms with van der Waals surface area (Å²) in [7, 11) is 0. The van der Waals surface area contributed by atoms with E-state index in [1.165, 1.54) is 23.5 Å². The van der Waals surface area contributed by atoms with Gasteiger partial charge in [0.05, 0.1) is 12.2 Å². The largest absolute Gasteiger partial charge is 0.494 e. The van der Waals surface area contributed by atoms with Crippen LogP contribution in [-0.2, 0) is 11.9 Å². The van der Waals surface area contributed by atoms with Gasteiger partial charge in [-0.1, -0.05) is 23.5 Å². The number of thioether (sulfide) groups is 1. The van der Waals surface area contributed by atoms with Gasteiger partial charge in [-0.3, -0.25) is 0 Å². The lowest BCUT2D eigenvalue weighted by molar-refractivity contribution is -0.137. The van der Waals surface area contributed by atoms with Gasteiger partial charge in [0.25, 0.3) is 0 Å². The Kier molecular flexibility index (Phi) is 6.20. The van der Waals surface area contributed by atoms with E-state index < -0.39 is 11.7 Å². The molecule has 160 valence electrons. The second kappa shape index (κ2) is 8.88. The molecule has 0 saturated heterocycles. The van der Waals surface area contributed by atoms with E-state index in [9.17, 15) is 13.2 Å². The zero-order valence-electron chi connectivity index (χ0n) is 16.9. The van der Waals surface area contributed by atoms with Crippen molar-refractivity contribution in [1.82, 2.24) is 9.97 Å². The van der Waals surface area contributed by atoms with Crippen LogP contribution < -0.4 is 4.74 Å². The molecule has 0 saturated carbocycles. The van der Waals surface area contributed by atoms with E-state index in [2.05, 4.69) is 16.0 Å². The fourth-order valence-electron chi connectivity index (χ4n) is 3.11. The number of thiazole rings is 1. The molecule has 8 heteroatoms. The molecule has 0 N–H and O–H groups in total. The number of aromatic nitrogens is 2. The number of pyridine rings is 1. The van der Waals surface area contributed by atoms with Crippen LogP contribution in [0.4, 0.5) is 13.2 Å². The molecule has 0 fully saturated rings. The minimum atomic E-state index is -4.35. The molecule has 0 radical (unpaired) electrons. The number of aryl methyl sites for hydroxylation is 1. The molecule has 4 aromatic rings. The number of fused-ring (bicyclic) bond motifs is 1. The van der Waals surface area contributed by atoms with E-state index in [0.29, 0.717) is 22.9 Å². The monoisotopic (exact) mass is 460 g/mol. The summed E-state index contributed by atoms with van der Waals surface area (Å²) in [5, 5.41) is 0.658. The molecule has 0 bridgehead atoms. The van der Waals surface area contributed by atoms with E-state index in [4.69, 9.17) is 4.74 Å². The van der Waals surface area contributed by atoms with Crippen molar-refractivity contribution in [1.29, 1.82) is 0 Å². The number of alkyl halides is 3. The molecule has 2 heterocycles. The Bertz CT molecular complexity index is 1200. The van der Waals surface area contributed by atoms with Crippen LogP contribution in [0.1, 0.15) is 23.6 Å². The highest BCUT2D eigenvalue weighted by Gasteiger charge is 2.30. The molecular formula is C23H19F3N2OS2.